The molecule has 0 spiro atoms. The molecule has 3 N–H and O–H groups in total. The maximum absolute atomic E-state index is 12.0. The molecule has 0 aliphatic heterocycles. The molecule has 23 heavy (non-hydrogen) atoms. The fourth-order valence-electron chi connectivity index (χ4n) is 4.17. The van der Waals surface area contributed by atoms with E-state index in [1.807, 2.05) is 30.3 Å². The highest BCUT2D eigenvalue weighted by Crippen LogP contribution is 2.44. The highest BCUT2D eigenvalue weighted by atomic mass is 35.5. The van der Waals surface area contributed by atoms with E-state index in [9.17, 15) is 9.90 Å². The Hall–Kier alpha value is -1.06. The first kappa shape index (κ1) is 20.0. The summed E-state index contributed by atoms with van der Waals surface area (Å²) < 4.78 is 0. The molecule has 1 aromatic rings. The number of carbonyl (C=O) groups is 1. The lowest BCUT2D eigenvalue weighted by molar-refractivity contribution is -0.147. The van der Waals surface area contributed by atoms with Crippen molar-refractivity contribution in [3.8, 4) is 0 Å². The van der Waals surface area contributed by atoms with Gasteiger partial charge in [-0.05, 0) is 42.1 Å². The summed E-state index contributed by atoms with van der Waals surface area (Å²) in [7, 11) is 0. The number of hydrogen-bond donors (Lipinski definition) is 2. The van der Waals surface area contributed by atoms with E-state index in [0.29, 0.717) is 17.8 Å². The van der Waals surface area contributed by atoms with Crippen LogP contribution in [0, 0.1) is 29.6 Å². The van der Waals surface area contributed by atoms with Gasteiger partial charge in [0.05, 0.1) is 5.92 Å². The number of nitrogens with two attached hydrogens (primary N) is 1. The van der Waals surface area contributed by atoms with Crippen molar-refractivity contribution >= 4 is 18.4 Å². The van der Waals surface area contributed by atoms with E-state index in [1.54, 1.807) is 0 Å². The molecule has 2 rings (SSSR count). The number of carboxylic acids is 1. The van der Waals surface area contributed by atoms with Crippen LogP contribution in [0.25, 0.3) is 0 Å². The van der Waals surface area contributed by atoms with Crippen molar-refractivity contribution in [1.29, 1.82) is 0 Å². The monoisotopic (exact) mass is 339 g/mol. The number of aliphatic carboxylic acids is 1. The van der Waals surface area contributed by atoms with Crippen molar-refractivity contribution in [2.24, 2.45) is 35.3 Å². The van der Waals surface area contributed by atoms with Crippen LogP contribution in [0.5, 0.6) is 0 Å². The van der Waals surface area contributed by atoms with Crippen LogP contribution in [-0.2, 0) is 4.79 Å². The molecule has 3 nitrogen and oxygen atoms in total. The Labute approximate surface area is 146 Å². The zero-order chi connectivity index (χ0) is 16.3. The number of carboxylic acid groups (broad SMARTS) is 1. The highest BCUT2D eigenvalue weighted by molar-refractivity contribution is 5.85. The van der Waals surface area contributed by atoms with Gasteiger partial charge in [-0.25, -0.2) is 0 Å². The molecule has 0 aromatic heterocycles. The average molecular weight is 340 g/mol. The molecule has 0 heterocycles. The van der Waals surface area contributed by atoms with Gasteiger partial charge in [-0.1, -0.05) is 57.5 Å². The second kappa shape index (κ2) is 8.70. The number of rotatable bonds is 5. The Morgan fingerprint density at radius 3 is 2.30 bits per heavy atom. The van der Waals surface area contributed by atoms with Crippen LogP contribution in [0.2, 0.25) is 0 Å². The first-order valence-corrected chi connectivity index (χ1v) is 8.45. The zero-order valence-corrected chi connectivity index (χ0v) is 15.1. The Morgan fingerprint density at radius 1 is 1.17 bits per heavy atom. The third-order valence-electron chi connectivity index (χ3n) is 5.39. The molecule has 5 atom stereocenters. The van der Waals surface area contributed by atoms with Gasteiger partial charge in [-0.15, -0.1) is 12.4 Å². The summed E-state index contributed by atoms with van der Waals surface area (Å²) in [5.74, 6) is 0.453. The van der Waals surface area contributed by atoms with Gasteiger partial charge in [0.15, 0.2) is 0 Å². The van der Waals surface area contributed by atoms with Crippen LogP contribution in [0.15, 0.2) is 30.3 Å². The maximum atomic E-state index is 12.0. The second-order valence-electron chi connectivity index (χ2n) is 7.29. The minimum atomic E-state index is -0.749. The summed E-state index contributed by atoms with van der Waals surface area (Å²) in [4.78, 5) is 12.0. The van der Waals surface area contributed by atoms with E-state index >= 15 is 0 Å². The molecule has 1 aromatic carbocycles. The normalized spacial score (nSPS) is 27.1. The van der Waals surface area contributed by atoms with Gasteiger partial charge >= 0.3 is 5.97 Å². The van der Waals surface area contributed by atoms with Crippen LogP contribution >= 0.6 is 12.4 Å². The molecule has 0 bridgehead atoms. The molecule has 0 amide bonds. The van der Waals surface area contributed by atoms with E-state index in [4.69, 9.17) is 5.73 Å². The summed E-state index contributed by atoms with van der Waals surface area (Å²) in [6.07, 6.45) is 3.29. The molecule has 4 heteroatoms. The second-order valence-corrected chi connectivity index (χ2v) is 7.29. The van der Waals surface area contributed by atoms with Gasteiger partial charge in [0.25, 0.3) is 0 Å². The van der Waals surface area contributed by atoms with Gasteiger partial charge in [0, 0.05) is 6.04 Å². The molecule has 130 valence electrons. The lowest BCUT2D eigenvalue weighted by Crippen LogP contribution is -2.41. The third kappa shape index (κ3) is 4.71. The molecular weight excluding hydrogens is 310 g/mol. The Balaban J connectivity index is 0.00000264. The minimum Gasteiger partial charge on any atom is -0.481 e. The molecule has 1 fully saturated rings. The van der Waals surface area contributed by atoms with Gasteiger partial charge in [-0.2, -0.15) is 0 Å². The summed E-state index contributed by atoms with van der Waals surface area (Å²) in [6.45, 7) is 6.65. The van der Waals surface area contributed by atoms with E-state index < -0.39 is 17.9 Å². The van der Waals surface area contributed by atoms with E-state index in [-0.39, 0.29) is 18.3 Å². The number of hydrogen-bond acceptors (Lipinski definition) is 2. The molecular formula is C19H30ClNO2. The molecule has 1 aliphatic rings. The SMILES string of the molecule is CC(C)C1CC[C@@H](C)C[C@H]1[C@H](C(=O)O)C(N)c1ccccc1.Cl. The Morgan fingerprint density at radius 2 is 1.78 bits per heavy atom. The predicted molar refractivity (Wildman–Crippen MR) is 96.6 cm³/mol. The van der Waals surface area contributed by atoms with Crippen molar-refractivity contribution in [2.45, 2.75) is 46.1 Å². The van der Waals surface area contributed by atoms with Gasteiger partial charge in [-0.3, -0.25) is 4.79 Å². The molecule has 0 radical (unpaired) electrons. The summed E-state index contributed by atoms with van der Waals surface area (Å²) >= 11 is 0. The summed E-state index contributed by atoms with van der Waals surface area (Å²) in [6, 6.07) is 9.24. The van der Waals surface area contributed by atoms with Crippen LogP contribution in [0.3, 0.4) is 0 Å². The van der Waals surface area contributed by atoms with E-state index in [1.165, 1.54) is 6.42 Å². The fourth-order valence-corrected chi connectivity index (χ4v) is 4.17. The maximum Gasteiger partial charge on any atom is 0.308 e. The van der Waals surface area contributed by atoms with Crippen molar-refractivity contribution < 1.29 is 9.90 Å². The lowest BCUT2D eigenvalue weighted by atomic mass is 9.63. The van der Waals surface area contributed by atoms with E-state index in [2.05, 4.69) is 20.8 Å². The first-order chi connectivity index (χ1) is 10.4. The van der Waals surface area contributed by atoms with E-state index in [0.717, 1.165) is 18.4 Å². The highest BCUT2D eigenvalue weighted by Gasteiger charge is 2.42. The van der Waals surface area contributed by atoms with Crippen molar-refractivity contribution in [2.75, 3.05) is 0 Å². The topological polar surface area (TPSA) is 63.3 Å². The number of halogens is 1. The Bertz CT molecular complexity index is 491. The van der Waals surface area contributed by atoms with Crippen molar-refractivity contribution in [1.82, 2.24) is 0 Å². The van der Waals surface area contributed by atoms with Gasteiger partial charge in [0.1, 0.15) is 0 Å². The largest absolute Gasteiger partial charge is 0.481 e. The van der Waals surface area contributed by atoms with Crippen molar-refractivity contribution in [3.05, 3.63) is 35.9 Å². The molecule has 1 aliphatic carbocycles. The Kier molecular flexibility index (Phi) is 7.56. The third-order valence-corrected chi connectivity index (χ3v) is 5.39. The minimum absolute atomic E-state index is 0. The van der Waals surface area contributed by atoms with Crippen molar-refractivity contribution in [3.63, 3.8) is 0 Å². The van der Waals surface area contributed by atoms with Crippen LogP contribution in [0.1, 0.15) is 51.6 Å². The van der Waals surface area contributed by atoms with Crippen LogP contribution in [0.4, 0.5) is 0 Å². The first-order valence-electron chi connectivity index (χ1n) is 8.45. The standard InChI is InChI=1S/C19H29NO2.ClH/c1-12(2)15-10-9-13(3)11-16(15)17(19(21)22)18(20)14-7-5-4-6-8-14;/h4-8,12-13,15-18H,9-11,20H2,1-3H3,(H,21,22);1H/t13-,15?,16-,17+,18?;/m1./s1. The fraction of sp³-hybridized carbons (Fsp3) is 0.632. The van der Waals surface area contributed by atoms with Gasteiger partial charge < -0.3 is 10.8 Å². The van der Waals surface area contributed by atoms with Crippen LogP contribution < -0.4 is 5.73 Å². The quantitative estimate of drug-likeness (QED) is 0.829. The lowest BCUT2D eigenvalue weighted by Gasteiger charge is -2.42. The molecule has 1 saturated carbocycles. The molecule has 0 saturated heterocycles. The van der Waals surface area contributed by atoms with Crippen LogP contribution in [-0.4, -0.2) is 11.1 Å². The number of benzene rings is 1. The molecule has 2 unspecified atom stereocenters. The predicted octanol–water partition coefficient (Wildman–Crippen LogP) is 4.52. The smallest absolute Gasteiger partial charge is 0.308 e. The average Bonchev–Trinajstić information content (AvgIpc) is 2.47. The van der Waals surface area contributed by atoms with Gasteiger partial charge in [0.2, 0.25) is 0 Å². The summed E-state index contributed by atoms with van der Waals surface area (Å²) in [5.41, 5.74) is 7.32. The zero-order valence-electron chi connectivity index (χ0n) is 14.3. The summed E-state index contributed by atoms with van der Waals surface area (Å²) in [5, 5.41) is 9.86.